The molecule has 0 fully saturated rings. The van der Waals surface area contributed by atoms with Crippen LogP contribution in [0.3, 0.4) is 0 Å². The summed E-state index contributed by atoms with van der Waals surface area (Å²) in [6.45, 7) is 7.50. The second-order valence-electron chi connectivity index (χ2n) is 8.29. The van der Waals surface area contributed by atoms with E-state index in [1.54, 1.807) is 24.3 Å². The van der Waals surface area contributed by atoms with Gasteiger partial charge in [-0.3, -0.25) is 9.59 Å². The van der Waals surface area contributed by atoms with E-state index in [4.69, 9.17) is 16.3 Å². The first kappa shape index (κ1) is 25.5. The largest absolute Gasteiger partial charge is 0.482 e. The lowest BCUT2D eigenvalue weighted by atomic mass is 10.1. The zero-order valence-corrected chi connectivity index (χ0v) is 20.8. The summed E-state index contributed by atoms with van der Waals surface area (Å²) < 4.78 is 5.57. The second kappa shape index (κ2) is 11.4. The highest BCUT2D eigenvalue weighted by atomic mass is 35.5. The number of hydrogen-bond acceptors (Lipinski definition) is 4. The molecule has 2 N–H and O–H groups in total. The number of aryl methyl sites for hydroxylation is 4. The van der Waals surface area contributed by atoms with E-state index >= 15 is 0 Å². The van der Waals surface area contributed by atoms with Crippen LogP contribution in [0.5, 0.6) is 5.75 Å². The molecule has 178 valence electrons. The predicted molar refractivity (Wildman–Crippen MR) is 140 cm³/mol. The summed E-state index contributed by atoms with van der Waals surface area (Å²) in [5.74, 6) is -0.509. The van der Waals surface area contributed by atoms with Gasteiger partial charge in [-0.25, -0.2) is 0 Å². The standard InChI is InChI=1S/C28H26ClN3O3/c1-17-6-9-24(20(4)11-17)32-28(34)22(15-30)13-21-8-10-26(23(29)14-21)35-16-27(33)31-25-12-18(2)5-7-19(25)3/h5-14H,16H2,1-4H3,(H,31,33)(H,32,34)/b22-13+. The summed E-state index contributed by atoms with van der Waals surface area (Å²) in [5.41, 5.74) is 5.83. The lowest BCUT2D eigenvalue weighted by Gasteiger charge is -2.11. The van der Waals surface area contributed by atoms with Gasteiger partial charge in [0.2, 0.25) is 0 Å². The van der Waals surface area contributed by atoms with Crippen LogP contribution in [0.1, 0.15) is 27.8 Å². The molecule has 0 saturated heterocycles. The van der Waals surface area contributed by atoms with E-state index in [1.807, 2.05) is 64.1 Å². The third-order valence-electron chi connectivity index (χ3n) is 5.29. The summed E-state index contributed by atoms with van der Waals surface area (Å²) in [6.07, 6.45) is 1.45. The molecule has 0 unspecified atom stereocenters. The molecule has 0 aliphatic rings. The molecular weight excluding hydrogens is 462 g/mol. The van der Waals surface area contributed by atoms with E-state index in [2.05, 4.69) is 10.6 Å². The first-order chi connectivity index (χ1) is 16.7. The van der Waals surface area contributed by atoms with Crippen molar-refractivity contribution in [3.63, 3.8) is 0 Å². The summed E-state index contributed by atoms with van der Waals surface area (Å²) in [5, 5.41) is 15.3. The number of anilines is 2. The Kier molecular flexibility index (Phi) is 8.30. The maximum Gasteiger partial charge on any atom is 0.266 e. The van der Waals surface area contributed by atoms with E-state index in [1.165, 1.54) is 6.08 Å². The molecule has 0 aromatic heterocycles. The number of nitriles is 1. The topological polar surface area (TPSA) is 91.2 Å². The number of rotatable bonds is 7. The molecule has 2 amide bonds. The van der Waals surface area contributed by atoms with E-state index in [-0.39, 0.29) is 23.1 Å². The van der Waals surface area contributed by atoms with Crippen molar-refractivity contribution in [1.29, 1.82) is 5.26 Å². The third kappa shape index (κ3) is 6.95. The smallest absolute Gasteiger partial charge is 0.266 e. The number of amides is 2. The zero-order valence-electron chi connectivity index (χ0n) is 20.0. The number of halogens is 1. The number of ether oxygens (including phenoxy) is 1. The highest BCUT2D eigenvalue weighted by Crippen LogP contribution is 2.27. The quantitative estimate of drug-likeness (QED) is 0.309. The molecule has 0 atom stereocenters. The molecule has 3 rings (SSSR count). The van der Waals surface area contributed by atoms with Gasteiger partial charge in [0.1, 0.15) is 17.4 Å². The fraction of sp³-hybridized carbons (Fsp3) is 0.179. The summed E-state index contributed by atoms with van der Waals surface area (Å²) in [4.78, 5) is 24.9. The van der Waals surface area contributed by atoms with Crippen LogP contribution in [0, 0.1) is 39.0 Å². The van der Waals surface area contributed by atoms with Crippen LogP contribution in [-0.2, 0) is 9.59 Å². The maximum atomic E-state index is 12.6. The molecule has 35 heavy (non-hydrogen) atoms. The first-order valence-corrected chi connectivity index (χ1v) is 11.3. The van der Waals surface area contributed by atoms with Gasteiger partial charge in [0, 0.05) is 11.4 Å². The molecule has 6 nitrogen and oxygen atoms in total. The fourth-order valence-corrected chi connectivity index (χ4v) is 3.63. The average Bonchev–Trinajstić information content (AvgIpc) is 2.81. The van der Waals surface area contributed by atoms with Gasteiger partial charge in [-0.1, -0.05) is 47.5 Å². The lowest BCUT2D eigenvalue weighted by molar-refractivity contribution is -0.118. The van der Waals surface area contributed by atoms with Gasteiger partial charge >= 0.3 is 0 Å². The highest BCUT2D eigenvalue weighted by molar-refractivity contribution is 6.32. The molecule has 7 heteroatoms. The van der Waals surface area contributed by atoms with Crippen molar-refractivity contribution in [3.8, 4) is 11.8 Å². The minimum absolute atomic E-state index is 0.0670. The van der Waals surface area contributed by atoms with Crippen molar-refractivity contribution in [2.45, 2.75) is 27.7 Å². The first-order valence-electron chi connectivity index (χ1n) is 11.0. The average molecular weight is 488 g/mol. The van der Waals surface area contributed by atoms with Crippen molar-refractivity contribution >= 4 is 40.9 Å². The van der Waals surface area contributed by atoms with E-state index < -0.39 is 5.91 Å². The van der Waals surface area contributed by atoms with Crippen molar-refractivity contribution in [1.82, 2.24) is 0 Å². The molecular formula is C28H26ClN3O3. The normalized spacial score (nSPS) is 10.9. The fourth-order valence-electron chi connectivity index (χ4n) is 3.38. The Hall–Kier alpha value is -4.08. The predicted octanol–water partition coefficient (Wildman–Crippen LogP) is 6.14. The highest BCUT2D eigenvalue weighted by Gasteiger charge is 2.13. The number of carbonyl (C=O) groups is 2. The second-order valence-corrected chi connectivity index (χ2v) is 8.69. The van der Waals surface area contributed by atoms with Crippen LogP contribution in [0.15, 0.2) is 60.2 Å². The maximum absolute atomic E-state index is 12.6. The van der Waals surface area contributed by atoms with Crippen LogP contribution < -0.4 is 15.4 Å². The van der Waals surface area contributed by atoms with Gasteiger partial charge in [0.05, 0.1) is 5.02 Å². The molecule has 0 spiro atoms. The molecule has 0 radical (unpaired) electrons. The minimum Gasteiger partial charge on any atom is -0.482 e. The van der Waals surface area contributed by atoms with E-state index in [0.29, 0.717) is 17.0 Å². The molecule has 3 aromatic carbocycles. The van der Waals surface area contributed by atoms with Gasteiger partial charge < -0.3 is 15.4 Å². The number of nitrogens with zero attached hydrogens (tertiary/aromatic N) is 1. The zero-order chi connectivity index (χ0) is 25.5. The Balaban J connectivity index is 1.66. The number of nitrogens with one attached hydrogen (secondary N) is 2. The Morgan fingerprint density at radius 2 is 1.63 bits per heavy atom. The number of carbonyl (C=O) groups excluding carboxylic acids is 2. The molecule has 0 heterocycles. The molecule has 3 aromatic rings. The van der Waals surface area contributed by atoms with Gasteiger partial charge in [0.25, 0.3) is 11.8 Å². The van der Waals surface area contributed by atoms with Crippen molar-refractivity contribution in [3.05, 3.63) is 93.0 Å². The lowest BCUT2D eigenvalue weighted by Crippen LogP contribution is -2.20. The summed E-state index contributed by atoms with van der Waals surface area (Å²) in [6, 6.07) is 18.2. The van der Waals surface area contributed by atoms with Crippen molar-refractivity contribution < 1.29 is 14.3 Å². The van der Waals surface area contributed by atoms with E-state index in [9.17, 15) is 14.9 Å². The third-order valence-corrected chi connectivity index (χ3v) is 5.58. The van der Waals surface area contributed by atoms with Crippen LogP contribution in [-0.4, -0.2) is 18.4 Å². The molecule has 0 saturated carbocycles. The Bertz CT molecular complexity index is 1360. The van der Waals surface area contributed by atoms with Gasteiger partial charge in [-0.15, -0.1) is 0 Å². The van der Waals surface area contributed by atoms with E-state index in [0.717, 1.165) is 27.9 Å². The van der Waals surface area contributed by atoms with Gasteiger partial charge in [0.15, 0.2) is 6.61 Å². The van der Waals surface area contributed by atoms with Crippen molar-refractivity contribution in [2.75, 3.05) is 17.2 Å². The monoisotopic (exact) mass is 487 g/mol. The Morgan fingerprint density at radius 1 is 0.914 bits per heavy atom. The molecule has 0 aliphatic carbocycles. The minimum atomic E-state index is -0.515. The van der Waals surface area contributed by atoms with Crippen molar-refractivity contribution in [2.24, 2.45) is 0 Å². The Labute approximate surface area is 210 Å². The number of benzene rings is 3. The molecule has 0 aliphatic heterocycles. The molecule has 0 bridgehead atoms. The van der Waals surface area contributed by atoms with Gasteiger partial charge in [-0.05, 0) is 80.3 Å². The number of hydrogen-bond donors (Lipinski definition) is 2. The van der Waals surface area contributed by atoms with Crippen LogP contribution in [0.25, 0.3) is 6.08 Å². The van der Waals surface area contributed by atoms with Crippen LogP contribution in [0.4, 0.5) is 11.4 Å². The summed E-state index contributed by atoms with van der Waals surface area (Å²) >= 11 is 6.32. The SMILES string of the molecule is Cc1ccc(NC(=O)/C(C#N)=C/c2ccc(OCC(=O)Nc3cc(C)ccc3C)c(Cl)c2)c(C)c1. The summed E-state index contributed by atoms with van der Waals surface area (Å²) in [7, 11) is 0. The Morgan fingerprint density at radius 3 is 2.31 bits per heavy atom. The van der Waals surface area contributed by atoms with Gasteiger partial charge in [-0.2, -0.15) is 5.26 Å². The van der Waals surface area contributed by atoms with Crippen LogP contribution >= 0.6 is 11.6 Å². The van der Waals surface area contributed by atoms with Crippen LogP contribution in [0.2, 0.25) is 5.02 Å².